The molecule has 0 saturated carbocycles. The predicted octanol–water partition coefficient (Wildman–Crippen LogP) is 0.0954. The van der Waals surface area contributed by atoms with Gasteiger partial charge in [0.25, 0.3) is 0 Å². The van der Waals surface area contributed by atoms with Crippen molar-refractivity contribution in [1.29, 1.82) is 0 Å². The van der Waals surface area contributed by atoms with Crippen LogP contribution in [-0.4, -0.2) is 89.0 Å². The Kier molecular flexibility index (Phi) is 6.71. The van der Waals surface area contributed by atoms with Crippen LogP contribution < -0.4 is 0 Å². The second kappa shape index (κ2) is 9.21. The fourth-order valence-corrected chi connectivity index (χ4v) is 3.39. The number of aromatic nitrogens is 4. The van der Waals surface area contributed by atoms with E-state index >= 15 is 0 Å². The highest BCUT2D eigenvalue weighted by atomic mass is 16.5. The normalized spacial score (nSPS) is 22.8. The monoisotopic (exact) mass is 352 g/mol. The summed E-state index contributed by atoms with van der Waals surface area (Å²) in [5.74, 6) is 0.922. The zero-order valence-electron chi connectivity index (χ0n) is 15.0. The zero-order valence-corrected chi connectivity index (χ0v) is 15.0. The topological polar surface area (TPSA) is 85.6 Å². The Bertz CT molecular complexity index is 544. The lowest BCUT2D eigenvalue weighted by Gasteiger charge is -2.33. The molecule has 0 unspecified atom stereocenters. The average molecular weight is 352 g/mol. The molecule has 140 valence electrons. The van der Waals surface area contributed by atoms with Gasteiger partial charge in [-0.1, -0.05) is 12.8 Å². The molecule has 0 bridgehead atoms. The molecule has 3 rings (SSSR count). The van der Waals surface area contributed by atoms with Gasteiger partial charge >= 0.3 is 0 Å². The lowest BCUT2D eigenvalue weighted by Crippen LogP contribution is -2.46. The number of nitrogens with zero attached hydrogens (tertiary/aromatic N) is 6. The summed E-state index contributed by atoms with van der Waals surface area (Å²) in [6.07, 6.45) is 4.48. The highest BCUT2D eigenvalue weighted by Crippen LogP contribution is 2.20. The van der Waals surface area contributed by atoms with Crippen LogP contribution in [0, 0.1) is 0 Å². The minimum absolute atomic E-state index is 0.211. The summed E-state index contributed by atoms with van der Waals surface area (Å²) in [7, 11) is 1.65. The van der Waals surface area contributed by atoms with Crippen LogP contribution >= 0.6 is 0 Å². The van der Waals surface area contributed by atoms with Crippen molar-refractivity contribution in [2.24, 2.45) is 0 Å². The molecule has 0 spiro atoms. The number of hydrogen-bond donors (Lipinski definition) is 0. The van der Waals surface area contributed by atoms with Gasteiger partial charge in [-0.05, 0) is 23.3 Å². The van der Waals surface area contributed by atoms with Crippen molar-refractivity contribution in [3.63, 3.8) is 0 Å². The third kappa shape index (κ3) is 4.96. The highest BCUT2D eigenvalue weighted by Gasteiger charge is 2.28. The van der Waals surface area contributed by atoms with Crippen molar-refractivity contribution in [2.45, 2.75) is 38.3 Å². The van der Waals surface area contributed by atoms with Crippen molar-refractivity contribution >= 4 is 5.91 Å². The summed E-state index contributed by atoms with van der Waals surface area (Å²) in [6, 6.07) is 0. The highest BCUT2D eigenvalue weighted by molar-refractivity contribution is 5.78. The third-order valence-corrected chi connectivity index (χ3v) is 4.82. The molecule has 2 aliphatic rings. The fraction of sp³-hybridized carbons (Fsp3) is 0.875. The first-order valence-corrected chi connectivity index (χ1v) is 9.14. The maximum absolute atomic E-state index is 12.6. The van der Waals surface area contributed by atoms with E-state index in [1.807, 2.05) is 4.90 Å². The molecule has 1 aromatic heterocycles. The maximum Gasteiger partial charge on any atom is 0.236 e. The smallest absolute Gasteiger partial charge is 0.236 e. The summed E-state index contributed by atoms with van der Waals surface area (Å²) < 4.78 is 12.7. The molecular formula is C16H28N6O3. The lowest BCUT2D eigenvalue weighted by molar-refractivity contribution is -0.134. The summed E-state index contributed by atoms with van der Waals surface area (Å²) in [5, 5.41) is 11.9. The van der Waals surface area contributed by atoms with Gasteiger partial charge in [0.1, 0.15) is 6.10 Å². The molecule has 9 nitrogen and oxygen atoms in total. The van der Waals surface area contributed by atoms with E-state index in [-0.39, 0.29) is 12.0 Å². The van der Waals surface area contributed by atoms with Gasteiger partial charge in [0.05, 0.1) is 26.3 Å². The summed E-state index contributed by atoms with van der Waals surface area (Å²) in [5.41, 5.74) is 0. The third-order valence-electron chi connectivity index (χ3n) is 4.82. The second-order valence-corrected chi connectivity index (χ2v) is 6.64. The number of amides is 1. The van der Waals surface area contributed by atoms with E-state index in [4.69, 9.17) is 9.47 Å². The Morgan fingerprint density at radius 2 is 2.04 bits per heavy atom. The van der Waals surface area contributed by atoms with E-state index in [1.54, 1.807) is 11.8 Å². The number of rotatable bonds is 6. The van der Waals surface area contributed by atoms with Gasteiger partial charge in [0.2, 0.25) is 5.91 Å². The quantitative estimate of drug-likeness (QED) is 0.717. The van der Waals surface area contributed by atoms with Crippen molar-refractivity contribution in [3.8, 4) is 0 Å². The Labute approximate surface area is 148 Å². The van der Waals surface area contributed by atoms with Crippen LogP contribution in [0.25, 0.3) is 0 Å². The predicted molar refractivity (Wildman–Crippen MR) is 89.9 cm³/mol. The van der Waals surface area contributed by atoms with Crippen LogP contribution in [0.2, 0.25) is 0 Å². The van der Waals surface area contributed by atoms with Gasteiger partial charge in [-0.15, -0.1) is 5.10 Å². The molecule has 2 saturated heterocycles. The average Bonchev–Trinajstić information content (AvgIpc) is 2.92. The second-order valence-electron chi connectivity index (χ2n) is 6.64. The minimum Gasteiger partial charge on any atom is -0.383 e. The largest absolute Gasteiger partial charge is 0.383 e. The number of tetrazole rings is 1. The van der Waals surface area contributed by atoms with Crippen molar-refractivity contribution in [3.05, 3.63) is 5.82 Å². The molecule has 0 aromatic carbocycles. The van der Waals surface area contributed by atoms with Gasteiger partial charge in [-0.25, -0.2) is 4.68 Å². The van der Waals surface area contributed by atoms with E-state index in [1.165, 1.54) is 12.8 Å². The van der Waals surface area contributed by atoms with Gasteiger partial charge in [0, 0.05) is 33.3 Å². The SMILES string of the molecule is COCCn1nnnc1[C@H]1CN(CC(=O)N2CCCCCC2)CCO1. The molecule has 0 radical (unpaired) electrons. The minimum atomic E-state index is -0.211. The number of carbonyl (C=O) groups is 1. The van der Waals surface area contributed by atoms with Crippen LogP contribution in [0.4, 0.5) is 0 Å². The van der Waals surface area contributed by atoms with Gasteiger partial charge in [-0.3, -0.25) is 9.69 Å². The first kappa shape index (κ1) is 18.2. The van der Waals surface area contributed by atoms with Crippen LogP contribution in [0.1, 0.15) is 37.6 Å². The summed E-state index contributed by atoms with van der Waals surface area (Å²) >= 11 is 0. The van der Waals surface area contributed by atoms with Gasteiger partial charge < -0.3 is 14.4 Å². The number of ether oxygens (including phenoxy) is 2. The Hall–Kier alpha value is -1.58. The van der Waals surface area contributed by atoms with Crippen molar-refractivity contribution in [1.82, 2.24) is 30.0 Å². The molecule has 9 heteroatoms. The van der Waals surface area contributed by atoms with E-state index in [2.05, 4.69) is 20.4 Å². The van der Waals surface area contributed by atoms with Gasteiger partial charge in [0.15, 0.2) is 5.82 Å². The van der Waals surface area contributed by atoms with Gasteiger partial charge in [-0.2, -0.15) is 0 Å². The molecule has 1 amide bonds. The number of morpholine rings is 1. The molecule has 0 aliphatic carbocycles. The fourth-order valence-electron chi connectivity index (χ4n) is 3.39. The molecule has 1 atom stereocenters. The van der Waals surface area contributed by atoms with E-state index in [0.29, 0.717) is 38.7 Å². The van der Waals surface area contributed by atoms with Crippen LogP contribution in [-0.2, 0) is 20.8 Å². The lowest BCUT2D eigenvalue weighted by atomic mass is 10.2. The standard InChI is InChI=1S/C16H28N6O3/c1-24-10-9-22-16(17-18-19-22)14-12-20(8-11-25-14)13-15(23)21-6-4-2-3-5-7-21/h14H,2-13H2,1H3/t14-/m1/s1. The molecule has 25 heavy (non-hydrogen) atoms. The zero-order chi connectivity index (χ0) is 17.5. The van der Waals surface area contributed by atoms with Crippen LogP contribution in [0.5, 0.6) is 0 Å². The molecule has 2 aliphatic heterocycles. The molecule has 0 N–H and O–H groups in total. The van der Waals surface area contributed by atoms with E-state index in [0.717, 1.165) is 32.5 Å². The number of likely N-dealkylation sites (tertiary alicyclic amines) is 1. The van der Waals surface area contributed by atoms with Crippen molar-refractivity contribution in [2.75, 3.05) is 53.0 Å². The molecule has 2 fully saturated rings. The molecular weight excluding hydrogens is 324 g/mol. The molecule has 3 heterocycles. The summed E-state index contributed by atoms with van der Waals surface area (Å²) in [4.78, 5) is 16.8. The van der Waals surface area contributed by atoms with Crippen LogP contribution in [0.3, 0.4) is 0 Å². The molecule has 1 aromatic rings. The Balaban J connectivity index is 1.56. The first-order chi connectivity index (χ1) is 12.3. The maximum atomic E-state index is 12.6. The summed E-state index contributed by atoms with van der Waals surface area (Å²) in [6.45, 7) is 5.33. The Morgan fingerprint density at radius 3 is 2.80 bits per heavy atom. The van der Waals surface area contributed by atoms with E-state index in [9.17, 15) is 4.79 Å². The number of hydrogen-bond acceptors (Lipinski definition) is 7. The number of methoxy groups -OCH3 is 1. The van der Waals surface area contributed by atoms with Crippen molar-refractivity contribution < 1.29 is 14.3 Å². The number of carbonyl (C=O) groups excluding carboxylic acids is 1. The first-order valence-electron chi connectivity index (χ1n) is 9.14. The Morgan fingerprint density at radius 1 is 1.24 bits per heavy atom. The van der Waals surface area contributed by atoms with E-state index < -0.39 is 0 Å². The van der Waals surface area contributed by atoms with Crippen LogP contribution in [0.15, 0.2) is 0 Å².